The molecule has 2 aromatic rings. The van der Waals surface area contributed by atoms with Gasteiger partial charge in [-0.05, 0) is 24.6 Å². The Morgan fingerprint density at radius 3 is 3.00 bits per heavy atom. The number of hydrogen-bond acceptors (Lipinski definition) is 4. The highest BCUT2D eigenvalue weighted by Gasteiger charge is 2.20. The lowest BCUT2D eigenvalue weighted by molar-refractivity contribution is 0.322. The van der Waals surface area contributed by atoms with Crippen LogP contribution in [-0.2, 0) is 6.54 Å². The van der Waals surface area contributed by atoms with E-state index in [4.69, 9.17) is 10.5 Å². The maximum atomic E-state index is 5.82. The van der Waals surface area contributed by atoms with Crippen LogP contribution in [0.15, 0.2) is 42.6 Å². The smallest absolute Gasteiger partial charge is 0.142 e. The Labute approximate surface area is 112 Å². The molecule has 0 saturated carbocycles. The van der Waals surface area contributed by atoms with E-state index >= 15 is 0 Å². The molecule has 1 aliphatic rings. The summed E-state index contributed by atoms with van der Waals surface area (Å²) in [7, 11) is 0. The largest absolute Gasteiger partial charge is 0.491 e. The van der Waals surface area contributed by atoms with Gasteiger partial charge >= 0.3 is 0 Å². The number of para-hydroxylation sites is 2. The molecule has 1 aliphatic heterocycles. The first-order valence-corrected chi connectivity index (χ1v) is 6.53. The van der Waals surface area contributed by atoms with Gasteiger partial charge in [-0.25, -0.2) is 4.98 Å². The van der Waals surface area contributed by atoms with Crippen LogP contribution < -0.4 is 15.4 Å². The van der Waals surface area contributed by atoms with Crippen molar-refractivity contribution >= 4 is 11.5 Å². The minimum atomic E-state index is 0.489. The van der Waals surface area contributed by atoms with E-state index in [2.05, 4.69) is 16.0 Å². The first kappa shape index (κ1) is 12.0. The zero-order valence-corrected chi connectivity index (χ0v) is 10.7. The topological polar surface area (TPSA) is 51.4 Å². The molecule has 0 aliphatic carbocycles. The first-order chi connectivity index (χ1) is 9.40. The van der Waals surface area contributed by atoms with Crippen LogP contribution >= 0.6 is 0 Å². The second kappa shape index (κ2) is 5.28. The predicted molar refractivity (Wildman–Crippen MR) is 75.7 cm³/mol. The van der Waals surface area contributed by atoms with Gasteiger partial charge in [0.2, 0.25) is 0 Å². The fourth-order valence-electron chi connectivity index (χ4n) is 2.38. The van der Waals surface area contributed by atoms with Crippen molar-refractivity contribution in [1.29, 1.82) is 0 Å². The normalized spacial score (nSPS) is 14.5. The Kier molecular flexibility index (Phi) is 3.33. The molecule has 19 heavy (non-hydrogen) atoms. The molecule has 0 bridgehead atoms. The van der Waals surface area contributed by atoms with Gasteiger partial charge < -0.3 is 15.4 Å². The Bertz CT molecular complexity index is 571. The van der Waals surface area contributed by atoms with Crippen molar-refractivity contribution in [2.75, 3.05) is 18.1 Å². The molecule has 2 N–H and O–H groups in total. The molecular weight excluding hydrogens is 238 g/mol. The van der Waals surface area contributed by atoms with Crippen LogP contribution in [0.3, 0.4) is 0 Å². The zero-order chi connectivity index (χ0) is 13.1. The lowest BCUT2D eigenvalue weighted by Crippen LogP contribution is -2.21. The number of fused-ring (bicyclic) bond motifs is 1. The van der Waals surface area contributed by atoms with Crippen molar-refractivity contribution in [1.82, 2.24) is 4.98 Å². The summed E-state index contributed by atoms with van der Waals surface area (Å²) in [6.07, 6.45) is 2.78. The van der Waals surface area contributed by atoms with Crippen LogP contribution in [0.25, 0.3) is 0 Å². The van der Waals surface area contributed by atoms with Gasteiger partial charge in [0.1, 0.15) is 11.6 Å². The highest BCUT2D eigenvalue weighted by Crippen LogP contribution is 2.35. The quantitative estimate of drug-likeness (QED) is 0.895. The maximum absolute atomic E-state index is 5.82. The van der Waals surface area contributed by atoms with E-state index in [-0.39, 0.29) is 0 Å². The summed E-state index contributed by atoms with van der Waals surface area (Å²) in [5.74, 6) is 1.84. The molecule has 4 nitrogen and oxygen atoms in total. The Morgan fingerprint density at radius 2 is 2.11 bits per heavy atom. The van der Waals surface area contributed by atoms with Crippen molar-refractivity contribution in [2.45, 2.75) is 13.0 Å². The van der Waals surface area contributed by atoms with Crippen molar-refractivity contribution in [3.05, 3.63) is 48.2 Å². The predicted octanol–water partition coefficient (Wildman–Crippen LogP) is 2.46. The summed E-state index contributed by atoms with van der Waals surface area (Å²) in [6, 6.07) is 12.0. The van der Waals surface area contributed by atoms with Crippen molar-refractivity contribution in [3.8, 4) is 5.75 Å². The number of anilines is 2. The van der Waals surface area contributed by atoms with Crippen molar-refractivity contribution in [2.24, 2.45) is 5.73 Å². The van der Waals surface area contributed by atoms with Gasteiger partial charge in [-0.2, -0.15) is 0 Å². The highest BCUT2D eigenvalue weighted by molar-refractivity contribution is 5.69. The molecule has 1 aromatic heterocycles. The van der Waals surface area contributed by atoms with Gasteiger partial charge in [0, 0.05) is 24.8 Å². The molecule has 3 rings (SSSR count). The summed E-state index contributed by atoms with van der Waals surface area (Å²) >= 11 is 0. The van der Waals surface area contributed by atoms with Gasteiger partial charge in [0.25, 0.3) is 0 Å². The second-order valence-electron chi connectivity index (χ2n) is 4.51. The van der Waals surface area contributed by atoms with Crippen LogP contribution in [0, 0.1) is 0 Å². The SMILES string of the molecule is NCc1cccnc1N1CCCOc2ccccc21. The third-order valence-electron chi connectivity index (χ3n) is 3.28. The van der Waals surface area contributed by atoms with E-state index in [9.17, 15) is 0 Å². The van der Waals surface area contributed by atoms with Crippen molar-refractivity contribution in [3.63, 3.8) is 0 Å². The Hall–Kier alpha value is -2.07. The average Bonchev–Trinajstić information content (AvgIpc) is 2.69. The van der Waals surface area contributed by atoms with E-state index in [1.165, 1.54) is 0 Å². The molecule has 0 spiro atoms. The van der Waals surface area contributed by atoms with Crippen LogP contribution in [0.4, 0.5) is 11.5 Å². The summed E-state index contributed by atoms with van der Waals surface area (Å²) in [6.45, 7) is 2.11. The molecule has 0 unspecified atom stereocenters. The number of aromatic nitrogens is 1. The molecular formula is C15H17N3O. The zero-order valence-electron chi connectivity index (χ0n) is 10.7. The van der Waals surface area contributed by atoms with E-state index in [1.54, 1.807) is 0 Å². The Balaban J connectivity index is 2.09. The second-order valence-corrected chi connectivity index (χ2v) is 4.51. The molecule has 0 amide bonds. The minimum Gasteiger partial charge on any atom is -0.491 e. The number of nitrogens with two attached hydrogens (primary N) is 1. The molecule has 2 heterocycles. The summed E-state index contributed by atoms with van der Waals surface area (Å²) in [5, 5.41) is 0. The lowest BCUT2D eigenvalue weighted by atomic mass is 10.2. The summed E-state index contributed by atoms with van der Waals surface area (Å²) in [4.78, 5) is 6.70. The number of rotatable bonds is 2. The van der Waals surface area contributed by atoms with Crippen LogP contribution in [-0.4, -0.2) is 18.1 Å². The van der Waals surface area contributed by atoms with Crippen LogP contribution in [0.5, 0.6) is 5.75 Å². The molecule has 1 aromatic carbocycles. The number of benzene rings is 1. The van der Waals surface area contributed by atoms with Crippen LogP contribution in [0.1, 0.15) is 12.0 Å². The third-order valence-corrected chi connectivity index (χ3v) is 3.28. The number of pyridine rings is 1. The van der Waals surface area contributed by atoms with E-state index in [0.717, 1.165) is 42.4 Å². The van der Waals surface area contributed by atoms with E-state index in [0.29, 0.717) is 6.54 Å². The van der Waals surface area contributed by atoms with Gasteiger partial charge in [0.15, 0.2) is 0 Å². The number of hydrogen-bond donors (Lipinski definition) is 1. The van der Waals surface area contributed by atoms with Gasteiger partial charge in [-0.3, -0.25) is 0 Å². The van der Waals surface area contributed by atoms with E-state index < -0.39 is 0 Å². The molecule has 98 valence electrons. The average molecular weight is 255 g/mol. The number of ether oxygens (including phenoxy) is 1. The summed E-state index contributed by atoms with van der Waals surface area (Å²) < 4.78 is 5.77. The van der Waals surface area contributed by atoms with Crippen LogP contribution in [0.2, 0.25) is 0 Å². The Morgan fingerprint density at radius 1 is 1.21 bits per heavy atom. The lowest BCUT2D eigenvalue weighted by Gasteiger charge is -2.24. The molecule has 0 saturated heterocycles. The molecule has 0 fully saturated rings. The molecule has 0 radical (unpaired) electrons. The molecule has 0 atom stereocenters. The van der Waals surface area contributed by atoms with Gasteiger partial charge in [-0.15, -0.1) is 0 Å². The summed E-state index contributed by atoms with van der Waals surface area (Å²) in [5.41, 5.74) is 7.94. The third kappa shape index (κ3) is 2.27. The first-order valence-electron chi connectivity index (χ1n) is 6.53. The van der Waals surface area contributed by atoms with Gasteiger partial charge in [0.05, 0.1) is 12.3 Å². The monoisotopic (exact) mass is 255 g/mol. The fourth-order valence-corrected chi connectivity index (χ4v) is 2.38. The minimum absolute atomic E-state index is 0.489. The van der Waals surface area contributed by atoms with Crippen molar-refractivity contribution < 1.29 is 4.74 Å². The van der Waals surface area contributed by atoms with Gasteiger partial charge in [-0.1, -0.05) is 18.2 Å². The standard InChI is InChI=1S/C15H17N3O/c16-11-12-5-3-8-17-15(12)18-9-4-10-19-14-7-2-1-6-13(14)18/h1-3,5-8H,4,9-11,16H2. The van der Waals surface area contributed by atoms with E-state index in [1.807, 2.05) is 36.5 Å². The highest BCUT2D eigenvalue weighted by atomic mass is 16.5. The fraction of sp³-hybridized carbons (Fsp3) is 0.267. The maximum Gasteiger partial charge on any atom is 0.142 e. The molecule has 4 heteroatoms. The number of nitrogens with zero attached hydrogens (tertiary/aromatic N) is 2.